The minimum atomic E-state index is 0.460. The smallest absolute Gasteiger partial charge is 0.124 e. The van der Waals surface area contributed by atoms with Crippen molar-refractivity contribution in [1.29, 1.82) is 0 Å². The minimum Gasteiger partial charge on any atom is -0.507 e. The largest absolute Gasteiger partial charge is 0.507 e. The van der Waals surface area contributed by atoms with Crippen LogP contribution in [0.3, 0.4) is 0 Å². The third-order valence-electron chi connectivity index (χ3n) is 5.83. The van der Waals surface area contributed by atoms with Crippen molar-refractivity contribution in [3.63, 3.8) is 0 Å². The molecule has 0 atom stereocenters. The van der Waals surface area contributed by atoms with E-state index in [2.05, 4.69) is 23.6 Å². The van der Waals surface area contributed by atoms with Crippen LogP contribution in [0.5, 0.6) is 5.75 Å². The van der Waals surface area contributed by atoms with Gasteiger partial charge in [0.15, 0.2) is 0 Å². The summed E-state index contributed by atoms with van der Waals surface area (Å²) in [5.74, 6) is 2.11. The molecule has 0 aliphatic carbocycles. The lowest BCUT2D eigenvalue weighted by Crippen LogP contribution is -2.33. The Labute approximate surface area is 146 Å². The van der Waals surface area contributed by atoms with Gasteiger partial charge in [-0.15, -0.1) is 0 Å². The summed E-state index contributed by atoms with van der Waals surface area (Å²) in [6.45, 7) is 10.8. The molecule has 3 N–H and O–H groups in total. The molecule has 2 heterocycles. The number of phenols is 1. The zero-order valence-corrected chi connectivity index (χ0v) is 15.3. The van der Waals surface area contributed by atoms with E-state index in [1.54, 1.807) is 0 Å². The van der Waals surface area contributed by atoms with Gasteiger partial charge in [-0.05, 0) is 75.8 Å². The van der Waals surface area contributed by atoms with Gasteiger partial charge in [-0.2, -0.15) is 0 Å². The molecule has 0 bridgehead atoms. The fourth-order valence-corrected chi connectivity index (χ4v) is 3.95. The maximum atomic E-state index is 10.8. The first-order valence-corrected chi connectivity index (χ1v) is 9.56. The molecule has 1 aromatic rings. The molecule has 0 saturated carbocycles. The average Bonchev–Trinajstić information content (AvgIpc) is 2.56. The highest BCUT2D eigenvalue weighted by Crippen LogP contribution is 2.30. The normalized spacial score (nSPS) is 22.1. The van der Waals surface area contributed by atoms with E-state index in [1.807, 2.05) is 12.1 Å². The monoisotopic (exact) mass is 331 g/mol. The number of nitrogen functional groups attached to an aromatic ring is 1. The van der Waals surface area contributed by atoms with Crippen molar-refractivity contribution in [2.45, 2.75) is 52.6 Å². The fourth-order valence-electron chi connectivity index (χ4n) is 3.95. The summed E-state index contributed by atoms with van der Waals surface area (Å²) in [7, 11) is 0. The van der Waals surface area contributed by atoms with Crippen molar-refractivity contribution in [3.05, 3.63) is 23.3 Å². The molecule has 4 heteroatoms. The van der Waals surface area contributed by atoms with Gasteiger partial charge >= 0.3 is 0 Å². The van der Waals surface area contributed by atoms with E-state index in [4.69, 9.17) is 5.73 Å². The molecular weight excluding hydrogens is 298 g/mol. The Bertz CT molecular complexity index is 499. The van der Waals surface area contributed by atoms with E-state index in [-0.39, 0.29) is 0 Å². The number of nitrogens with two attached hydrogens (primary N) is 1. The summed E-state index contributed by atoms with van der Waals surface area (Å²) in [6.07, 6.45) is 5.01. The van der Waals surface area contributed by atoms with Crippen molar-refractivity contribution >= 4 is 5.69 Å². The maximum absolute atomic E-state index is 10.8. The van der Waals surface area contributed by atoms with E-state index < -0.39 is 0 Å². The Balaban J connectivity index is 1.68. The third-order valence-corrected chi connectivity index (χ3v) is 5.83. The molecule has 0 amide bonds. The van der Waals surface area contributed by atoms with Crippen LogP contribution in [0.4, 0.5) is 5.69 Å². The molecule has 2 aliphatic rings. The summed E-state index contributed by atoms with van der Waals surface area (Å²) in [5.41, 5.74) is 8.89. The second-order valence-corrected chi connectivity index (χ2v) is 8.11. The molecule has 134 valence electrons. The van der Waals surface area contributed by atoms with Crippen LogP contribution in [0, 0.1) is 11.8 Å². The number of hydrogen-bond donors (Lipinski definition) is 2. The predicted octanol–water partition coefficient (Wildman–Crippen LogP) is 3.44. The molecular formula is C20H33N3O. The van der Waals surface area contributed by atoms with Crippen molar-refractivity contribution in [2.24, 2.45) is 11.8 Å². The molecule has 4 nitrogen and oxygen atoms in total. The molecule has 24 heavy (non-hydrogen) atoms. The van der Waals surface area contributed by atoms with Gasteiger partial charge in [0.25, 0.3) is 0 Å². The molecule has 0 radical (unpaired) electrons. The van der Waals surface area contributed by atoms with E-state index in [9.17, 15) is 5.11 Å². The molecule has 2 fully saturated rings. The van der Waals surface area contributed by atoms with Gasteiger partial charge in [0.1, 0.15) is 5.75 Å². The van der Waals surface area contributed by atoms with Crippen LogP contribution in [-0.2, 0) is 13.1 Å². The first kappa shape index (κ1) is 17.6. The number of hydrogen-bond acceptors (Lipinski definition) is 4. The Kier molecular flexibility index (Phi) is 5.67. The Morgan fingerprint density at radius 2 is 1.25 bits per heavy atom. The van der Waals surface area contributed by atoms with E-state index in [0.29, 0.717) is 5.75 Å². The van der Waals surface area contributed by atoms with Crippen molar-refractivity contribution in [2.75, 3.05) is 31.9 Å². The van der Waals surface area contributed by atoms with Crippen LogP contribution in [0.15, 0.2) is 12.1 Å². The van der Waals surface area contributed by atoms with Gasteiger partial charge in [0.05, 0.1) is 0 Å². The highest BCUT2D eigenvalue weighted by molar-refractivity contribution is 5.52. The second-order valence-electron chi connectivity index (χ2n) is 8.11. The van der Waals surface area contributed by atoms with Gasteiger partial charge in [0.2, 0.25) is 0 Å². The highest BCUT2D eigenvalue weighted by atomic mass is 16.3. The van der Waals surface area contributed by atoms with E-state index >= 15 is 0 Å². The Hall–Kier alpha value is -1.26. The van der Waals surface area contributed by atoms with Crippen molar-refractivity contribution in [1.82, 2.24) is 9.80 Å². The number of aromatic hydroxyl groups is 1. The summed E-state index contributed by atoms with van der Waals surface area (Å²) in [5, 5.41) is 10.8. The molecule has 0 spiro atoms. The number of rotatable bonds is 4. The number of phenolic OH excluding ortho intramolecular Hbond substituents is 1. The number of piperidine rings is 2. The van der Waals surface area contributed by atoms with Gasteiger partial charge < -0.3 is 10.8 Å². The van der Waals surface area contributed by atoms with Crippen LogP contribution in [0.2, 0.25) is 0 Å². The first-order valence-electron chi connectivity index (χ1n) is 9.56. The van der Waals surface area contributed by atoms with Crippen LogP contribution in [0.25, 0.3) is 0 Å². The number of benzene rings is 1. The fraction of sp³-hybridized carbons (Fsp3) is 0.700. The van der Waals surface area contributed by atoms with Gasteiger partial charge in [-0.1, -0.05) is 13.8 Å². The Morgan fingerprint density at radius 1 is 0.875 bits per heavy atom. The van der Waals surface area contributed by atoms with Crippen molar-refractivity contribution in [3.8, 4) is 5.75 Å². The lowest BCUT2D eigenvalue weighted by atomic mass is 9.97. The lowest BCUT2D eigenvalue weighted by Gasteiger charge is -2.32. The summed E-state index contributed by atoms with van der Waals surface area (Å²) in [6, 6.07) is 3.91. The van der Waals surface area contributed by atoms with E-state index in [0.717, 1.165) is 67.9 Å². The summed E-state index contributed by atoms with van der Waals surface area (Å²) < 4.78 is 0. The topological polar surface area (TPSA) is 52.7 Å². The number of nitrogens with zero attached hydrogens (tertiary/aromatic N) is 2. The molecule has 0 unspecified atom stereocenters. The first-order chi connectivity index (χ1) is 11.5. The van der Waals surface area contributed by atoms with Crippen LogP contribution in [-0.4, -0.2) is 41.1 Å². The van der Waals surface area contributed by atoms with Crippen LogP contribution in [0.1, 0.15) is 50.7 Å². The molecule has 2 saturated heterocycles. The summed E-state index contributed by atoms with van der Waals surface area (Å²) >= 11 is 0. The second kappa shape index (κ2) is 7.75. The number of anilines is 1. The summed E-state index contributed by atoms with van der Waals surface area (Å²) in [4.78, 5) is 4.89. The average molecular weight is 332 g/mol. The lowest BCUT2D eigenvalue weighted by molar-refractivity contribution is 0.179. The highest BCUT2D eigenvalue weighted by Gasteiger charge is 2.20. The quantitative estimate of drug-likeness (QED) is 0.655. The molecule has 3 rings (SSSR count). The zero-order valence-electron chi connectivity index (χ0n) is 15.3. The number of likely N-dealkylation sites (tertiary alicyclic amines) is 2. The molecule has 2 aliphatic heterocycles. The van der Waals surface area contributed by atoms with Gasteiger partial charge in [-0.3, -0.25) is 9.80 Å². The maximum Gasteiger partial charge on any atom is 0.124 e. The van der Waals surface area contributed by atoms with Gasteiger partial charge in [0, 0.05) is 29.9 Å². The molecule has 1 aromatic carbocycles. The van der Waals surface area contributed by atoms with Crippen molar-refractivity contribution < 1.29 is 5.11 Å². The van der Waals surface area contributed by atoms with E-state index in [1.165, 1.54) is 25.7 Å². The predicted molar refractivity (Wildman–Crippen MR) is 99.9 cm³/mol. The van der Waals surface area contributed by atoms with Crippen LogP contribution >= 0.6 is 0 Å². The Morgan fingerprint density at radius 3 is 1.62 bits per heavy atom. The van der Waals surface area contributed by atoms with Crippen LogP contribution < -0.4 is 5.73 Å². The molecule has 0 aromatic heterocycles. The third kappa shape index (κ3) is 4.42. The zero-order chi connectivity index (χ0) is 17.1. The minimum absolute atomic E-state index is 0.460. The van der Waals surface area contributed by atoms with Gasteiger partial charge in [-0.25, -0.2) is 0 Å². The SMILES string of the molecule is CC1CCN(Cc2cc(N)cc(CN3CCC(C)CC3)c2O)CC1. The standard InChI is InChI=1S/C20H33N3O/c1-15-3-7-22(8-4-15)13-17-11-19(21)12-18(20(17)24)14-23-9-5-16(2)6-10-23/h11-12,15-16,24H,3-10,13-14,21H2,1-2H3.